The summed E-state index contributed by atoms with van der Waals surface area (Å²) < 4.78 is 93.2. The van der Waals surface area contributed by atoms with Crippen LogP contribution in [0.1, 0.15) is 31.7 Å². The van der Waals surface area contributed by atoms with Crippen LogP contribution < -0.4 is 16.3 Å². The van der Waals surface area contributed by atoms with E-state index < -0.39 is 46.6 Å². The van der Waals surface area contributed by atoms with Gasteiger partial charge in [0, 0.05) is 23.5 Å². The van der Waals surface area contributed by atoms with E-state index >= 15 is 0 Å². The van der Waals surface area contributed by atoms with Gasteiger partial charge in [-0.1, -0.05) is 6.92 Å². The number of aromatic nitrogens is 2. The third-order valence-corrected chi connectivity index (χ3v) is 6.94. The Bertz CT molecular complexity index is 1260. The number of rotatable bonds is 4. The van der Waals surface area contributed by atoms with Crippen LogP contribution in [0.5, 0.6) is 0 Å². The maximum absolute atomic E-state index is 13.6. The van der Waals surface area contributed by atoms with Crippen molar-refractivity contribution < 1.29 is 35.5 Å². The second kappa shape index (κ2) is 8.99. The molecule has 8 nitrogen and oxygen atoms in total. The minimum Gasteiger partial charge on any atom is -0.314 e. The highest BCUT2D eigenvalue weighted by atomic mass is 19.4. The molecule has 1 aromatic heterocycles. The third-order valence-electron chi connectivity index (χ3n) is 6.94. The van der Waals surface area contributed by atoms with Crippen LogP contribution in [0.4, 0.5) is 41.2 Å². The lowest BCUT2D eigenvalue weighted by Crippen LogP contribution is -2.75. The lowest BCUT2D eigenvalue weighted by Gasteiger charge is -2.64. The molecule has 2 saturated heterocycles. The van der Waals surface area contributed by atoms with Crippen molar-refractivity contribution in [2.75, 3.05) is 11.9 Å². The molecule has 1 saturated carbocycles. The first-order valence-electron chi connectivity index (χ1n) is 11.6. The fraction of sp³-hybridized carbons (Fsp3) is 0.435. The normalized spacial score (nSPS) is 25.0. The van der Waals surface area contributed by atoms with Gasteiger partial charge in [-0.25, -0.2) is 19.2 Å². The molecule has 2 amide bonds. The van der Waals surface area contributed by atoms with E-state index in [1.165, 1.54) is 5.01 Å². The van der Waals surface area contributed by atoms with E-state index in [1.807, 2.05) is 6.92 Å². The van der Waals surface area contributed by atoms with Crippen molar-refractivity contribution in [2.45, 2.75) is 50.1 Å². The first kappa shape index (κ1) is 26.0. The molecule has 2 bridgehead atoms. The van der Waals surface area contributed by atoms with Gasteiger partial charge >= 0.3 is 18.4 Å². The van der Waals surface area contributed by atoms with Crippen LogP contribution in [-0.4, -0.2) is 50.2 Å². The van der Waals surface area contributed by atoms with Crippen molar-refractivity contribution in [1.29, 1.82) is 0 Å². The van der Waals surface area contributed by atoms with Crippen molar-refractivity contribution in [2.24, 2.45) is 5.92 Å². The standard InChI is InChI=1S/C23H22F7N7O/c1-12-4-15-7-21(6-12,11-36-10-18(34-35-36)23(28,29)30)37(15)20(38)33-14-2-3-17(22(25,26)27)16(5-14)19-31-8-13(24)9-32-19/h2-3,5,8-10,12,15,34-35H,4,6-7,11H2,1H3,(H,33,38)/t12-,15+,21-/m1/s1. The number of benzene rings is 1. The van der Waals surface area contributed by atoms with Crippen LogP contribution in [0.2, 0.25) is 0 Å². The molecule has 3 atom stereocenters. The van der Waals surface area contributed by atoms with Crippen molar-refractivity contribution in [3.8, 4) is 11.4 Å². The monoisotopic (exact) mass is 545 g/mol. The van der Waals surface area contributed by atoms with Gasteiger partial charge < -0.3 is 10.2 Å². The quantitative estimate of drug-likeness (QED) is 0.479. The van der Waals surface area contributed by atoms with Gasteiger partial charge in [0.05, 0.1) is 30.0 Å². The lowest BCUT2D eigenvalue weighted by atomic mass is 9.64. The molecule has 3 aliphatic heterocycles. The molecule has 204 valence electrons. The zero-order valence-electron chi connectivity index (χ0n) is 19.8. The van der Waals surface area contributed by atoms with Gasteiger partial charge in [0.15, 0.2) is 11.6 Å². The summed E-state index contributed by atoms with van der Waals surface area (Å²) in [5.41, 5.74) is 1.29. The minimum absolute atomic E-state index is 0.0271. The summed E-state index contributed by atoms with van der Waals surface area (Å²) in [6.07, 6.45) is -5.18. The maximum Gasteiger partial charge on any atom is 0.433 e. The first-order valence-corrected chi connectivity index (χ1v) is 11.6. The van der Waals surface area contributed by atoms with E-state index in [-0.39, 0.29) is 30.0 Å². The number of allylic oxidation sites excluding steroid dienone is 1. The number of alkyl halides is 6. The molecular formula is C23H22F7N7O. The summed E-state index contributed by atoms with van der Waals surface area (Å²) in [5, 5.41) is 3.85. The van der Waals surface area contributed by atoms with Gasteiger partial charge in [-0.2, -0.15) is 26.3 Å². The molecule has 2 aromatic rings. The number of halogens is 7. The number of anilines is 1. The summed E-state index contributed by atoms with van der Waals surface area (Å²) in [5.74, 6) is -0.982. The molecular weight excluding hydrogens is 523 g/mol. The average molecular weight is 545 g/mol. The highest BCUT2D eigenvalue weighted by molar-refractivity contribution is 5.92. The van der Waals surface area contributed by atoms with E-state index in [4.69, 9.17) is 0 Å². The average Bonchev–Trinajstić information content (AvgIpc) is 3.27. The third kappa shape index (κ3) is 4.81. The molecule has 0 radical (unpaired) electrons. The van der Waals surface area contributed by atoms with Crippen molar-refractivity contribution in [3.63, 3.8) is 0 Å². The van der Waals surface area contributed by atoms with Crippen LogP contribution in [0.3, 0.4) is 0 Å². The first-order chi connectivity index (χ1) is 17.7. The van der Waals surface area contributed by atoms with E-state index in [1.54, 1.807) is 4.90 Å². The summed E-state index contributed by atoms with van der Waals surface area (Å²) in [4.78, 5) is 22.2. The van der Waals surface area contributed by atoms with Gasteiger partial charge in [-0.3, -0.25) is 10.4 Å². The van der Waals surface area contributed by atoms with Gasteiger partial charge in [-0.05, 0) is 43.4 Å². The molecule has 3 N–H and O–H groups in total. The molecule has 15 heteroatoms. The van der Waals surface area contributed by atoms with Gasteiger partial charge in [0.1, 0.15) is 5.70 Å². The number of amides is 2. The Morgan fingerprint density at radius 2 is 1.84 bits per heavy atom. The minimum atomic E-state index is -4.76. The van der Waals surface area contributed by atoms with Crippen LogP contribution in [-0.2, 0) is 6.18 Å². The molecule has 0 unspecified atom stereocenters. The number of nitrogens with one attached hydrogen (secondary N) is 3. The number of hydrogen-bond donors (Lipinski definition) is 3. The largest absolute Gasteiger partial charge is 0.433 e. The summed E-state index contributed by atoms with van der Waals surface area (Å²) in [7, 11) is 0. The molecule has 1 aromatic carbocycles. The fourth-order valence-electron chi connectivity index (χ4n) is 5.64. The Morgan fingerprint density at radius 1 is 1.13 bits per heavy atom. The van der Waals surface area contributed by atoms with Crippen LogP contribution in [0.25, 0.3) is 11.4 Å². The highest BCUT2D eigenvalue weighted by Gasteiger charge is 2.59. The zero-order chi connectivity index (χ0) is 27.5. The molecule has 4 aliphatic rings. The predicted molar refractivity (Wildman–Crippen MR) is 120 cm³/mol. The van der Waals surface area contributed by atoms with Crippen LogP contribution in [0, 0.1) is 11.7 Å². The Kier molecular flexibility index (Phi) is 6.16. The SMILES string of the molecule is C[C@@H]1C[C@H]2C[C@@](CN3C=C(C(F)(F)F)NN3)(C1)N2C(=O)Nc1ccc(C(F)(F)F)c(-c2ncc(F)cn2)c1. The van der Waals surface area contributed by atoms with Gasteiger partial charge in [0.25, 0.3) is 0 Å². The van der Waals surface area contributed by atoms with Crippen LogP contribution >= 0.6 is 0 Å². The number of hydrogen-bond acceptors (Lipinski definition) is 6. The Balaban J connectivity index is 1.39. The van der Waals surface area contributed by atoms with E-state index in [0.29, 0.717) is 19.3 Å². The van der Waals surface area contributed by atoms with Crippen molar-refractivity contribution >= 4 is 11.7 Å². The second-order valence-electron chi connectivity index (χ2n) is 9.82. The predicted octanol–water partition coefficient (Wildman–Crippen LogP) is 4.80. The number of carbonyl (C=O) groups excluding carboxylic acids is 1. The van der Waals surface area contributed by atoms with E-state index in [2.05, 4.69) is 26.2 Å². The smallest absolute Gasteiger partial charge is 0.314 e. The Morgan fingerprint density at radius 3 is 2.47 bits per heavy atom. The van der Waals surface area contributed by atoms with Gasteiger partial charge in [-0.15, -0.1) is 5.53 Å². The van der Waals surface area contributed by atoms with Crippen LogP contribution in [0.15, 0.2) is 42.5 Å². The molecule has 3 fully saturated rings. The highest BCUT2D eigenvalue weighted by Crippen LogP contribution is 2.50. The zero-order valence-corrected chi connectivity index (χ0v) is 19.8. The van der Waals surface area contributed by atoms with Crippen molar-refractivity contribution in [1.82, 2.24) is 30.8 Å². The second-order valence-corrected chi connectivity index (χ2v) is 9.82. The summed E-state index contributed by atoms with van der Waals surface area (Å²) >= 11 is 0. The molecule has 38 heavy (non-hydrogen) atoms. The Hall–Kier alpha value is -3.62. The fourth-order valence-corrected chi connectivity index (χ4v) is 5.64. The number of hydrazine groups is 2. The van der Waals surface area contributed by atoms with Crippen molar-refractivity contribution in [3.05, 3.63) is 53.9 Å². The molecule has 1 aliphatic carbocycles. The summed E-state index contributed by atoms with van der Waals surface area (Å²) in [6.45, 7) is 2.06. The number of fused-ring (bicyclic) bond motifs is 2. The topological polar surface area (TPSA) is 85.4 Å². The lowest BCUT2D eigenvalue weighted by molar-refractivity contribution is -0.137. The number of carbonyl (C=O) groups is 1. The van der Waals surface area contributed by atoms with Gasteiger partial charge in [0.2, 0.25) is 0 Å². The number of urea groups is 1. The van der Waals surface area contributed by atoms with E-state index in [9.17, 15) is 35.5 Å². The molecule has 6 rings (SSSR count). The summed E-state index contributed by atoms with van der Waals surface area (Å²) in [6, 6.07) is 2.16. The molecule has 4 heterocycles. The maximum atomic E-state index is 13.6. The molecule has 0 spiro atoms. The Labute approximate surface area is 211 Å². The van der Waals surface area contributed by atoms with E-state index in [0.717, 1.165) is 36.8 Å². The number of nitrogens with zero attached hydrogens (tertiary/aromatic N) is 4. The number of piperidine rings is 1.